The van der Waals surface area contributed by atoms with Gasteiger partial charge in [0.15, 0.2) is 17.4 Å². The first-order chi connectivity index (χ1) is 11.1. The molecule has 0 spiro atoms. The highest BCUT2D eigenvalue weighted by Gasteiger charge is 2.18. The predicted octanol–water partition coefficient (Wildman–Crippen LogP) is 6.28. The Hall–Kier alpha value is -1.21. The largest absolute Gasteiger partial charge is 0.490 e. The van der Waals surface area contributed by atoms with Crippen molar-refractivity contribution in [3.05, 3.63) is 51.6 Å². The second-order valence-corrected chi connectivity index (χ2v) is 7.90. The molecule has 1 heterocycles. The van der Waals surface area contributed by atoms with Gasteiger partial charge in [-0.25, -0.2) is 8.78 Å². The predicted molar refractivity (Wildman–Crippen MR) is 99.3 cm³/mol. The molecular weight excluding hydrogens is 429 g/mol. The highest BCUT2D eigenvalue weighted by atomic mass is 127. The van der Waals surface area contributed by atoms with Gasteiger partial charge >= 0.3 is 0 Å². The molecule has 0 aliphatic heterocycles. The SMILES string of the molecule is Fc1c(I)ccc2c1sc1c(F)c(OCC3CC=CC3)ccc12. The van der Waals surface area contributed by atoms with E-state index < -0.39 is 0 Å². The highest BCUT2D eigenvalue weighted by Crippen LogP contribution is 2.40. The van der Waals surface area contributed by atoms with Gasteiger partial charge in [0.05, 0.1) is 19.6 Å². The van der Waals surface area contributed by atoms with Crippen molar-refractivity contribution in [2.24, 2.45) is 5.92 Å². The van der Waals surface area contributed by atoms with Crippen LogP contribution in [-0.2, 0) is 0 Å². The van der Waals surface area contributed by atoms with E-state index in [0.29, 0.717) is 25.5 Å². The fourth-order valence-corrected chi connectivity index (χ4v) is 4.73. The van der Waals surface area contributed by atoms with E-state index in [0.717, 1.165) is 35.0 Å². The lowest BCUT2D eigenvalue weighted by molar-refractivity contribution is 0.247. The van der Waals surface area contributed by atoms with Crippen LogP contribution in [0.25, 0.3) is 20.2 Å². The van der Waals surface area contributed by atoms with Gasteiger partial charge in [0.2, 0.25) is 0 Å². The molecule has 0 saturated heterocycles. The van der Waals surface area contributed by atoms with Crippen LogP contribution in [-0.4, -0.2) is 6.61 Å². The number of hydrogen-bond donors (Lipinski definition) is 0. The monoisotopic (exact) mass is 442 g/mol. The summed E-state index contributed by atoms with van der Waals surface area (Å²) in [6.45, 7) is 0.507. The number of allylic oxidation sites excluding steroid dienone is 2. The fourth-order valence-electron chi connectivity index (χ4n) is 2.92. The van der Waals surface area contributed by atoms with Gasteiger partial charge < -0.3 is 4.74 Å². The number of halogens is 3. The molecule has 0 fully saturated rings. The summed E-state index contributed by atoms with van der Waals surface area (Å²) in [5.41, 5.74) is 0. The molecule has 0 saturated carbocycles. The standard InChI is InChI=1S/C18H13F2IOS/c19-15-13(21)7-5-11-12-6-8-14(16(20)18(12)23-17(11)15)22-9-10-3-1-2-4-10/h1-2,5-8,10H,3-4,9H2. The number of hydrogen-bond acceptors (Lipinski definition) is 2. The van der Waals surface area contributed by atoms with Crippen LogP contribution in [0.3, 0.4) is 0 Å². The molecule has 0 bridgehead atoms. The van der Waals surface area contributed by atoms with Crippen LogP contribution in [0.2, 0.25) is 0 Å². The smallest absolute Gasteiger partial charge is 0.182 e. The average molecular weight is 442 g/mol. The number of rotatable bonds is 3. The van der Waals surface area contributed by atoms with Gasteiger partial charge in [-0.2, -0.15) is 0 Å². The Kier molecular flexibility index (Phi) is 4.01. The van der Waals surface area contributed by atoms with E-state index >= 15 is 0 Å². The number of thiophene rings is 1. The van der Waals surface area contributed by atoms with Gasteiger partial charge in [-0.1, -0.05) is 18.2 Å². The van der Waals surface area contributed by atoms with E-state index in [4.69, 9.17) is 4.74 Å². The first-order valence-electron chi connectivity index (χ1n) is 7.41. The summed E-state index contributed by atoms with van der Waals surface area (Å²) < 4.78 is 36.2. The minimum absolute atomic E-state index is 0.256. The highest BCUT2D eigenvalue weighted by molar-refractivity contribution is 14.1. The Morgan fingerprint density at radius 2 is 1.65 bits per heavy atom. The van der Waals surface area contributed by atoms with E-state index in [2.05, 4.69) is 12.2 Å². The molecule has 1 aromatic heterocycles. The second kappa shape index (κ2) is 6.02. The summed E-state index contributed by atoms with van der Waals surface area (Å²) in [5, 5.41) is 1.50. The molecule has 5 heteroatoms. The van der Waals surface area contributed by atoms with Crippen molar-refractivity contribution in [3.63, 3.8) is 0 Å². The van der Waals surface area contributed by atoms with Crippen molar-refractivity contribution in [2.75, 3.05) is 6.61 Å². The topological polar surface area (TPSA) is 9.23 Å². The van der Waals surface area contributed by atoms with Crippen LogP contribution in [0.5, 0.6) is 5.75 Å². The third kappa shape index (κ3) is 2.63. The first-order valence-corrected chi connectivity index (χ1v) is 9.31. The van der Waals surface area contributed by atoms with Gasteiger partial charge in [0.1, 0.15) is 0 Å². The van der Waals surface area contributed by atoms with Crippen LogP contribution >= 0.6 is 33.9 Å². The zero-order valence-electron chi connectivity index (χ0n) is 12.1. The van der Waals surface area contributed by atoms with Crippen molar-refractivity contribution < 1.29 is 13.5 Å². The maximum Gasteiger partial charge on any atom is 0.182 e. The molecule has 23 heavy (non-hydrogen) atoms. The van der Waals surface area contributed by atoms with Crippen LogP contribution in [0.4, 0.5) is 8.78 Å². The van der Waals surface area contributed by atoms with Gasteiger partial charge in [-0.15, -0.1) is 11.3 Å². The van der Waals surface area contributed by atoms with E-state index in [1.54, 1.807) is 12.1 Å². The molecule has 0 N–H and O–H groups in total. The summed E-state index contributed by atoms with van der Waals surface area (Å²) in [4.78, 5) is 0. The van der Waals surface area contributed by atoms with Crippen molar-refractivity contribution in [3.8, 4) is 5.75 Å². The van der Waals surface area contributed by atoms with Crippen molar-refractivity contribution >= 4 is 54.1 Å². The molecule has 2 aromatic carbocycles. The lowest BCUT2D eigenvalue weighted by Gasteiger charge is -2.12. The second-order valence-electron chi connectivity index (χ2n) is 5.71. The quantitative estimate of drug-likeness (QED) is 0.343. The van der Waals surface area contributed by atoms with E-state index in [1.807, 2.05) is 34.7 Å². The van der Waals surface area contributed by atoms with Gasteiger partial charge in [0.25, 0.3) is 0 Å². The molecule has 1 nitrogen and oxygen atoms in total. The molecule has 0 unspecified atom stereocenters. The summed E-state index contributed by atoms with van der Waals surface area (Å²) in [7, 11) is 0. The molecular formula is C18H13F2IOS. The average Bonchev–Trinajstić information content (AvgIpc) is 3.18. The van der Waals surface area contributed by atoms with E-state index in [9.17, 15) is 8.78 Å². The zero-order valence-corrected chi connectivity index (χ0v) is 15.1. The lowest BCUT2D eigenvalue weighted by Crippen LogP contribution is -2.09. The Bertz CT molecular complexity index is 924. The zero-order chi connectivity index (χ0) is 16.0. The molecule has 0 amide bonds. The van der Waals surface area contributed by atoms with Crippen LogP contribution in [0.15, 0.2) is 36.4 Å². The summed E-state index contributed by atoms with van der Waals surface area (Å²) in [6, 6.07) is 7.05. The Morgan fingerprint density at radius 3 is 2.39 bits per heavy atom. The molecule has 1 aliphatic carbocycles. The van der Waals surface area contributed by atoms with Gasteiger partial charge in [-0.3, -0.25) is 0 Å². The first kappa shape index (κ1) is 15.3. The number of benzene rings is 2. The summed E-state index contributed by atoms with van der Waals surface area (Å²) in [5.74, 6) is 0.0184. The van der Waals surface area contributed by atoms with Gasteiger partial charge in [0, 0.05) is 10.8 Å². The lowest BCUT2D eigenvalue weighted by atomic mass is 10.1. The summed E-state index contributed by atoms with van der Waals surface area (Å²) >= 11 is 3.11. The van der Waals surface area contributed by atoms with Crippen molar-refractivity contribution in [1.29, 1.82) is 0 Å². The van der Waals surface area contributed by atoms with E-state index in [-0.39, 0.29) is 17.4 Å². The van der Waals surface area contributed by atoms with Crippen molar-refractivity contribution in [1.82, 2.24) is 0 Å². The van der Waals surface area contributed by atoms with Gasteiger partial charge in [-0.05, 0) is 59.5 Å². The van der Waals surface area contributed by atoms with E-state index in [1.165, 1.54) is 0 Å². The number of fused-ring (bicyclic) bond motifs is 3. The Labute approximate surface area is 150 Å². The third-order valence-corrected chi connectivity index (χ3v) is 6.23. The molecule has 0 radical (unpaired) electrons. The normalized spacial score (nSPS) is 15.1. The van der Waals surface area contributed by atoms with Crippen LogP contribution in [0, 0.1) is 21.1 Å². The third-order valence-electron chi connectivity index (χ3n) is 4.19. The maximum absolute atomic E-state index is 14.8. The molecule has 118 valence electrons. The Morgan fingerprint density at radius 1 is 1.00 bits per heavy atom. The minimum atomic E-state index is -0.385. The molecule has 1 aliphatic rings. The maximum atomic E-state index is 14.8. The fraction of sp³-hybridized carbons (Fsp3) is 0.222. The minimum Gasteiger partial charge on any atom is -0.490 e. The van der Waals surface area contributed by atoms with Crippen LogP contribution < -0.4 is 4.74 Å². The Balaban J connectivity index is 1.75. The molecule has 3 aromatic rings. The molecule has 4 rings (SSSR count). The summed E-state index contributed by atoms with van der Waals surface area (Å²) in [6.07, 6.45) is 6.22. The number of ether oxygens (including phenoxy) is 1. The van der Waals surface area contributed by atoms with Crippen molar-refractivity contribution in [2.45, 2.75) is 12.8 Å². The van der Waals surface area contributed by atoms with Crippen LogP contribution in [0.1, 0.15) is 12.8 Å². The molecule has 0 atom stereocenters.